The normalized spacial score (nSPS) is 12.1. The zero-order valence-corrected chi connectivity index (χ0v) is 30.6. The lowest BCUT2D eigenvalue weighted by atomic mass is 9.82. The molecule has 0 unspecified atom stereocenters. The van der Waals surface area contributed by atoms with E-state index in [1.165, 1.54) is 16.7 Å². The molecule has 4 nitrogen and oxygen atoms in total. The molecule has 0 saturated carbocycles. The molecule has 0 spiro atoms. The lowest BCUT2D eigenvalue weighted by Crippen LogP contribution is -2.11. The average molecular weight is 678 g/mol. The van der Waals surface area contributed by atoms with Gasteiger partial charge in [-0.1, -0.05) is 126 Å². The second-order valence-corrected chi connectivity index (χ2v) is 15.8. The van der Waals surface area contributed by atoms with Crippen molar-refractivity contribution in [1.82, 2.24) is 14.5 Å². The van der Waals surface area contributed by atoms with Crippen LogP contribution in [0.25, 0.3) is 72.4 Å². The van der Waals surface area contributed by atoms with Crippen molar-refractivity contribution in [2.45, 2.75) is 52.4 Å². The Kier molecular flexibility index (Phi) is 8.06. The summed E-state index contributed by atoms with van der Waals surface area (Å²) in [5, 5.41) is 12.2. The second kappa shape index (κ2) is 12.6. The Morgan fingerprint density at radius 2 is 1.17 bits per heavy atom. The molecule has 0 aliphatic carbocycles. The van der Waals surface area contributed by atoms with Gasteiger partial charge in [-0.05, 0) is 98.8 Å². The number of hydrogen-bond donors (Lipinski definition) is 1. The van der Waals surface area contributed by atoms with Crippen LogP contribution in [0.3, 0.4) is 0 Å². The van der Waals surface area contributed by atoms with Crippen LogP contribution in [-0.2, 0) is 10.8 Å². The zero-order chi connectivity index (χ0) is 36.2. The van der Waals surface area contributed by atoms with Crippen LogP contribution in [0.1, 0.15) is 52.7 Å². The van der Waals surface area contributed by atoms with Crippen LogP contribution in [0, 0.1) is 0 Å². The van der Waals surface area contributed by atoms with Crippen molar-refractivity contribution in [2.24, 2.45) is 0 Å². The van der Waals surface area contributed by atoms with Crippen molar-refractivity contribution in [2.75, 3.05) is 0 Å². The molecule has 8 aromatic rings. The summed E-state index contributed by atoms with van der Waals surface area (Å²) in [7, 11) is 0. The van der Waals surface area contributed by atoms with Gasteiger partial charge in [-0.2, -0.15) is 0 Å². The molecule has 8 rings (SSSR count). The maximum atomic E-state index is 11.1. The number of benzene rings is 6. The number of phenolic OH excluding ortho intramolecular Hbond substituents is 1. The molecular weight excluding hydrogens is 635 g/mol. The molecule has 0 aliphatic heterocycles. The van der Waals surface area contributed by atoms with E-state index in [0.717, 1.165) is 55.4 Å². The molecule has 6 aromatic carbocycles. The smallest absolute Gasteiger partial charge is 0.149 e. The van der Waals surface area contributed by atoms with E-state index in [-0.39, 0.29) is 16.6 Å². The highest BCUT2D eigenvalue weighted by molar-refractivity contribution is 6.00. The fourth-order valence-electron chi connectivity index (χ4n) is 7.13. The number of para-hydroxylation sites is 2. The fourth-order valence-corrected chi connectivity index (χ4v) is 7.13. The van der Waals surface area contributed by atoms with Gasteiger partial charge in [-0.15, -0.1) is 0 Å². The molecule has 0 bridgehead atoms. The molecule has 0 radical (unpaired) electrons. The number of imidazole rings is 1. The van der Waals surface area contributed by atoms with E-state index < -0.39 is 0 Å². The fraction of sp³-hybridized carbons (Fsp3) is 0.167. The van der Waals surface area contributed by atoms with Gasteiger partial charge in [0.25, 0.3) is 0 Å². The van der Waals surface area contributed by atoms with Crippen molar-refractivity contribution < 1.29 is 5.11 Å². The Balaban J connectivity index is 1.39. The standard InChI is InChI=1S/C48H43N3O/c1-47(2,3)36-21-23-38(24-22-36)51-42-19-12-18-39(45(42)50-46(51)40-17-10-11-20-43(40)52)34-27-35(29-37(28-34)48(4,5)6)41-30-33(31-14-8-7-9-15-31)26-32-16-13-25-49-44(32)41/h7-30,52H,1-6H3. The molecule has 52 heavy (non-hydrogen) atoms. The van der Waals surface area contributed by atoms with Crippen LogP contribution in [0.2, 0.25) is 0 Å². The monoisotopic (exact) mass is 677 g/mol. The van der Waals surface area contributed by atoms with Gasteiger partial charge in [0, 0.05) is 28.4 Å². The third kappa shape index (κ3) is 6.05. The van der Waals surface area contributed by atoms with Crippen LogP contribution in [0.15, 0.2) is 146 Å². The second-order valence-electron chi connectivity index (χ2n) is 15.8. The number of aromatic nitrogens is 3. The summed E-state index contributed by atoms with van der Waals surface area (Å²) in [5.41, 5.74) is 13.5. The summed E-state index contributed by atoms with van der Waals surface area (Å²) >= 11 is 0. The van der Waals surface area contributed by atoms with Crippen molar-refractivity contribution in [3.05, 3.63) is 157 Å². The van der Waals surface area contributed by atoms with E-state index in [0.29, 0.717) is 11.4 Å². The highest BCUT2D eigenvalue weighted by atomic mass is 16.3. The predicted octanol–water partition coefficient (Wildman–Crippen LogP) is 12.5. The summed E-state index contributed by atoms with van der Waals surface area (Å²) in [5.74, 6) is 0.892. The van der Waals surface area contributed by atoms with Crippen molar-refractivity contribution in [3.63, 3.8) is 0 Å². The van der Waals surface area contributed by atoms with Crippen molar-refractivity contribution in [3.8, 4) is 56.2 Å². The minimum Gasteiger partial charge on any atom is -0.507 e. The van der Waals surface area contributed by atoms with Gasteiger partial charge in [0.05, 0.1) is 22.1 Å². The number of fused-ring (bicyclic) bond motifs is 2. The quantitative estimate of drug-likeness (QED) is 0.197. The maximum absolute atomic E-state index is 11.1. The summed E-state index contributed by atoms with van der Waals surface area (Å²) in [6.07, 6.45) is 1.88. The van der Waals surface area contributed by atoms with Crippen molar-refractivity contribution >= 4 is 21.9 Å². The third-order valence-electron chi connectivity index (χ3n) is 10.1. The first kappa shape index (κ1) is 33.2. The first-order chi connectivity index (χ1) is 25.0. The highest BCUT2D eigenvalue weighted by Gasteiger charge is 2.23. The third-order valence-corrected chi connectivity index (χ3v) is 10.1. The summed E-state index contributed by atoms with van der Waals surface area (Å²) in [6, 6.07) is 48.7. The van der Waals surface area contributed by atoms with Gasteiger partial charge in [0.2, 0.25) is 0 Å². The molecule has 2 heterocycles. The topological polar surface area (TPSA) is 50.9 Å². The Morgan fingerprint density at radius 1 is 0.500 bits per heavy atom. The van der Waals surface area contributed by atoms with Crippen LogP contribution in [0.5, 0.6) is 5.75 Å². The molecule has 0 atom stereocenters. The number of hydrogen-bond acceptors (Lipinski definition) is 3. The van der Waals surface area contributed by atoms with E-state index in [1.54, 1.807) is 6.07 Å². The Hall–Kier alpha value is -6.00. The molecular formula is C48H43N3O. The van der Waals surface area contributed by atoms with Gasteiger partial charge >= 0.3 is 0 Å². The number of nitrogens with zero attached hydrogens (tertiary/aromatic N) is 3. The molecule has 1 N–H and O–H groups in total. The molecule has 4 heteroatoms. The minimum atomic E-state index is -0.117. The molecule has 0 aliphatic rings. The maximum Gasteiger partial charge on any atom is 0.149 e. The van der Waals surface area contributed by atoms with Gasteiger partial charge < -0.3 is 5.11 Å². The van der Waals surface area contributed by atoms with Crippen LogP contribution < -0.4 is 0 Å². The highest BCUT2D eigenvalue weighted by Crippen LogP contribution is 2.41. The van der Waals surface area contributed by atoms with Gasteiger partial charge in [-0.3, -0.25) is 9.55 Å². The average Bonchev–Trinajstić information content (AvgIpc) is 3.53. The molecule has 0 amide bonds. The minimum absolute atomic E-state index is 0.0282. The van der Waals surface area contributed by atoms with Crippen molar-refractivity contribution in [1.29, 1.82) is 0 Å². The van der Waals surface area contributed by atoms with Gasteiger partial charge in [0.1, 0.15) is 11.6 Å². The van der Waals surface area contributed by atoms with E-state index in [4.69, 9.17) is 9.97 Å². The van der Waals surface area contributed by atoms with Crippen LogP contribution in [-0.4, -0.2) is 19.6 Å². The number of rotatable bonds is 5. The summed E-state index contributed by atoms with van der Waals surface area (Å²) in [6.45, 7) is 13.5. The van der Waals surface area contributed by atoms with Gasteiger partial charge in [0.15, 0.2) is 0 Å². The predicted molar refractivity (Wildman–Crippen MR) is 217 cm³/mol. The van der Waals surface area contributed by atoms with E-state index in [1.807, 2.05) is 30.5 Å². The lowest BCUT2D eigenvalue weighted by molar-refractivity contribution is 0.477. The van der Waals surface area contributed by atoms with Crippen LogP contribution in [0.4, 0.5) is 0 Å². The molecule has 2 aromatic heterocycles. The number of pyridine rings is 1. The summed E-state index contributed by atoms with van der Waals surface area (Å²) in [4.78, 5) is 10.3. The first-order valence-electron chi connectivity index (χ1n) is 18.0. The Morgan fingerprint density at radius 3 is 1.88 bits per heavy atom. The van der Waals surface area contributed by atoms with Crippen LogP contribution >= 0.6 is 0 Å². The van der Waals surface area contributed by atoms with Gasteiger partial charge in [-0.25, -0.2) is 4.98 Å². The molecule has 0 saturated heterocycles. The van der Waals surface area contributed by atoms with E-state index in [9.17, 15) is 5.11 Å². The van der Waals surface area contributed by atoms with E-state index in [2.05, 4.69) is 155 Å². The first-order valence-corrected chi connectivity index (χ1v) is 18.0. The summed E-state index contributed by atoms with van der Waals surface area (Å²) < 4.78 is 2.18. The lowest BCUT2D eigenvalue weighted by Gasteiger charge is -2.22. The van der Waals surface area contributed by atoms with E-state index >= 15 is 0 Å². The Bertz CT molecular complexity index is 2580. The molecule has 0 fully saturated rings. The number of phenols is 1. The molecule has 256 valence electrons. The Labute approximate surface area is 306 Å². The largest absolute Gasteiger partial charge is 0.507 e. The zero-order valence-electron chi connectivity index (χ0n) is 30.6. The SMILES string of the molecule is CC(C)(C)c1ccc(-n2c(-c3ccccc3O)nc3c(-c4cc(-c5cc(-c6ccccc6)cc6cccnc56)cc(C(C)(C)C)c4)cccc32)cc1. The number of aromatic hydroxyl groups is 1.